The van der Waals surface area contributed by atoms with Gasteiger partial charge in [-0.3, -0.25) is 9.45 Å². The quantitative estimate of drug-likeness (QED) is 0.837. The molecule has 0 saturated carbocycles. The Hall–Kier alpha value is -0.950. The van der Waals surface area contributed by atoms with Gasteiger partial charge in [-0.2, -0.15) is 8.42 Å². The normalized spacial score (nSPS) is 16.6. The van der Waals surface area contributed by atoms with Crippen molar-refractivity contribution in [3.05, 3.63) is 29.8 Å². The minimum Gasteiger partial charge on any atom is -0.379 e. The number of morpholine rings is 1. The van der Waals surface area contributed by atoms with E-state index in [2.05, 4.69) is 11.8 Å². The van der Waals surface area contributed by atoms with Crippen LogP contribution in [0.2, 0.25) is 0 Å². The molecule has 1 aromatic rings. The summed E-state index contributed by atoms with van der Waals surface area (Å²) >= 11 is 0. The average Bonchev–Trinajstić information content (AvgIpc) is 2.40. The fourth-order valence-corrected chi connectivity index (χ4v) is 2.11. The Morgan fingerprint density at radius 3 is 2.11 bits per heavy atom. The molecule has 1 heterocycles. The van der Waals surface area contributed by atoms with Crippen LogP contribution in [0.15, 0.2) is 29.2 Å². The molecule has 1 aliphatic heterocycles. The van der Waals surface area contributed by atoms with Crippen LogP contribution >= 0.6 is 0 Å². The van der Waals surface area contributed by atoms with E-state index < -0.39 is 10.1 Å². The SMILES string of the molecule is CCN1CCOCC1.Cc1ccc(S(=O)(=O)O)cc1. The van der Waals surface area contributed by atoms with Gasteiger partial charge in [0.25, 0.3) is 10.1 Å². The Labute approximate surface area is 114 Å². The van der Waals surface area contributed by atoms with Gasteiger partial charge in [0, 0.05) is 13.1 Å². The summed E-state index contributed by atoms with van der Waals surface area (Å²) in [6, 6.07) is 5.99. The van der Waals surface area contributed by atoms with Gasteiger partial charge in [0.1, 0.15) is 0 Å². The highest BCUT2D eigenvalue weighted by molar-refractivity contribution is 7.85. The van der Waals surface area contributed by atoms with Crippen molar-refractivity contribution in [2.24, 2.45) is 0 Å². The molecular formula is C13H21NO4S. The maximum Gasteiger partial charge on any atom is 0.294 e. The molecule has 0 bridgehead atoms. The van der Waals surface area contributed by atoms with E-state index in [0.29, 0.717) is 0 Å². The second-order valence-corrected chi connectivity index (χ2v) is 5.76. The summed E-state index contributed by atoms with van der Waals surface area (Å²) in [5.41, 5.74) is 0.956. The van der Waals surface area contributed by atoms with Crippen LogP contribution in [0, 0.1) is 6.92 Å². The van der Waals surface area contributed by atoms with Crippen molar-refractivity contribution >= 4 is 10.1 Å². The number of ether oxygens (including phenoxy) is 1. The van der Waals surface area contributed by atoms with Crippen LogP contribution in [0.4, 0.5) is 0 Å². The first-order valence-electron chi connectivity index (χ1n) is 6.27. The Kier molecular flexibility index (Phi) is 6.44. The fraction of sp³-hybridized carbons (Fsp3) is 0.538. The van der Waals surface area contributed by atoms with Crippen LogP contribution < -0.4 is 0 Å². The second kappa shape index (κ2) is 7.59. The Morgan fingerprint density at radius 1 is 1.21 bits per heavy atom. The van der Waals surface area contributed by atoms with Crippen molar-refractivity contribution in [2.75, 3.05) is 32.8 Å². The van der Waals surface area contributed by atoms with E-state index in [9.17, 15) is 8.42 Å². The van der Waals surface area contributed by atoms with E-state index in [4.69, 9.17) is 9.29 Å². The van der Waals surface area contributed by atoms with Crippen molar-refractivity contribution in [1.82, 2.24) is 4.90 Å². The Bertz CT molecular complexity index is 464. The van der Waals surface area contributed by atoms with Gasteiger partial charge >= 0.3 is 0 Å². The number of benzene rings is 1. The molecule has 6 heteroatoms. The summed E-state index contributed by atoms with van der Waals surface area (Å²) in [4.78, 5) is 2.33. The first kappa shape index (κ1) is 16.1. The lowest BCUT2D eigenvalue weighted by Gasteiger charge is -2.24. The molecular weight excluding hydrogens is 266 g/mol. The van der Waals surface area contributed by atoms with Crippen LogP contribution in [-0.4, -0.2) is 50.7 Å². The maximum absolute atomic E-state index is 10.5. The summed E-state index contributed by atoms with van der Waals surface area (Å²) in [5, 5.41) is 0. The lowest BCUT2D eigenvalue weighted by Crippen LogP contribution is -2.35. The predicted octanol–water partition coefficient (Wildman–Crippen LogP) is 1.58. The maximum atomic E-state index is 10.5. The van der Waals surface area contributed by atoms with Crippen LogP contribution in [0.1, 0.15) is 12.5 Å². The molecule has 0 amide bonds. The molecule has 0 aromatic heterocycles. The largest absolute Gasteiger partial charge is 0.379 e. The van der Waals surface area contributed by atoms with Gasteiger partial charge in [-0.25, -0.2) is 0 Å². The molecule has 19 heavy (non-hydrogen) atoms. The number of hydrogen-bond acceptors (Lipinski definition) is 4. The molecule has 2 rings (SSSR count). The first-order chi connectivity index (χ1) is 8.93. The van der Waals surface area contributed by atoms with E-state index in [1.807, 2.05) is 6.92 Å². The smallest absolute Gasteiger partial charge is 0.294 e. The third-order valence-electron chi connectivity index (χ3n) is 2.87. The summed E-state index contributed by atoms with van der Waals surface area (Å²) in [7, 11) is -4.02. The molecule has 1 saturated heterocycles. The molecule has 0 spiro atoms. The molecule has 0 atom stereocenters. The van der Waals surface area contributed by atoms with Crippen molar-refractivity contribution in [3.63, 3.8) is 0 Å². The molecule has 108 valence electrons. The van der Waals surface area contributed by atoms with Gasteiger partial charge < -0.3 is 4.74 Å². The third-order valence-corrected chi connectivity index (χ3v) is 3.74. The lowest BCUT2D eigenvalue weighted by atomic mass is 10.2. The minimum atomic E-state index is -4.02. The Morgan fingerprint density at radius 2 is 1.74 bits per heavy atom. The second-order valence-electron chi connectivity index (χ2n) is 4.33. The molecule has 0 unspecified atom stereocenters. The van der Waals surface area contributed by atoms with Crippen LogP contribution in [0.3, 0.4) is 0 Å². The Balaban J connectivity index is 0.000000200. The zero-order valence-electron chi connectivity index (χ0n) is 11.4. The average molecular weight is 287 g/mol. The number of likely N-dealkylation sites (N-methyl/N-ethyl adjacent to an activating group) is 1. The van der Waals surface area contributed by atoms with Gasteiger partial charge in [0.15, 0.2) is 0 Å². The summed E-state index contributed by atoms with van der Waals surface area (Å²) in [6.45, 7) is 9.29. The van der Waals surface area contributed by atoms with Crippen molar-refractivity contribution < 1.29 is 17.7 Å². The van der Waals surface area contributed by atoms with Gasteiger partial charge in [-0.05, 0) is 25.6 Å². The predicted molar refractivity (Wildman–Crippen MR) is 73.9 cm³/mol. The zero-order chi connectivity index (χ0) is 14.3. The van der Waals surface area contributed by atoms with Crippen LogP contribution in [-0.2, 0) is 14.9 Å². The van der Waals surface area contributed by atoms with Gasteiger partial charge in [-0.15, -0.1) is 0 Å². The minimum absolute atomic E-state index is 0.0666. The summed E-state index contributed by atoms with van der Waals surface area (Å²) in [6.07, 6.45) is 0. The topological polar surface area (TPSA) is 66.8 Å². The number of hydrogen-bond donors (Lipinski definition) is 1. The van der Waals surface area contributed by atoms with E-state index in [1.165, 1.54) is 18.7 Å². The summed E-state index contributed by atoms with van der Waals surface area (Å²) < 4.78 is 34.7. The van der Waals surface area contributed by atoms with Crippen molar-refractivity contribution in [2.45, 2.75) is 18.7 Å². The van der Waals surface area contributed by atoms with E-state index in [0.717, 1.165) is 31.9 Å². The van der Waals surface area contributed by atoms with E-state index in [-0.39, 0.29) is 4.90 Å². The lowest BCUT2D eigenvalue weighted by molar-refractivity contribution is 0.0405. The third kappa shape index (κ3) is 6.15. The molecule has 1 N–H and O–H groups in total. The van der Waals surface area contributed by atoms with E-state index in [1.54, 1.807) is 12.1 Å². The van der Waals surface area contributed by atoms with Gasteiger partial charge in [0.05, 0.1) is 18.1 Å². The first-order valence-corrected chi connectivity index (χ1v) is 7.71. The molecule has 1 fully saturated rings. The summed E-state index contributed by atoms with van der Waals surface area (Å²) in [5.74, 6) is 0. The molecule has 1 aromatic carbocycles. The van der Waals surface area contributed by atoms with Gasteiger partial charge in [0.2, 0.25) is 0 Å². The highest BCUT2D eigenvalue weighted by Crippen LogP contribution is 2.08. The van der Waals surface area contributed by atoms with E-state index >= 15 is 0 Å². The highest BCUT2D eigenvalue weighted by atomic mass is 32.2. The standard InChI is InChI=1S/C7H8O3S.C6H13NO/c1-6-2-4-7(5-3-6)11(8,9)10;1-2-7-3-5-8-6-4-7/h2-5H,1H3,(H,8,9,10);2-6H2,1H3. The number of aryl methyl sites for hydroxylation is 1. The fourth-order valence-electron chi connectivity index (χ4n) is 1.63. The van der Waals surface area contributed by atoms with Crippen LogP contribution in [0.25, 0.3) is 0 Å². The van der Waals surface area contributed by atoms with Crippen LogP contribution in [0.5, 0.6) is 0 Å². The van der Waals surface area contributed by atoms with Crippen molar-refractivity contribution in [3.8, 4) is 0 Å². The number of rotatable bonds is 2. The monoisotopic (exact) mass is 287 g/mol. The zero-order valence-corrected chi connectivity index (χ0v) is 12.2. The molecule has 0 aliphatic carbocycles. The van der Waals surface area contributed by atoms with Crippen molar-refractivity contribution in [1.29, 1.82) is 0 Å². The number of nitrogens with zero attached hydrogens (tertiary/aromatic N) is 1. The highest BCUT2D eigenvalue weighted by Gasteiger charge is 2.07. The molecule has 5 nitrogen and oxygen atoms in total. The molecule has 0 radical (unpaired) electrons. The van der Waals surface area contributed by atoms with Gasteiger partial charge in [-0.1, -0.05) is 24.6 Å². The molecule has 1 aliphatic rings.